The molecule has 122 valence electrons. The maximum absolute atomic E-state index is 6.28. The first-order valence-electron chi connectivity index (χ1n) is 8.74. The summed E-state index contributed by atoms with van der Waals surface area (Å²) >= 11 is 0. The quantitative estimate of drug-likeness (QED) is 0.363. The molecule has 0 fully saturated rings. The first-order valence-corrected chi connectivity index (χ1v) is 8.74. The fourth-order valence-electron chi connectivity index (χ4n) is 3.40. The van der Waals surface area contributed by atoms with E-state index in [0.717, 1.165) is 11.2 Å². The van der Waals surface area contributed by atoms with Crippen molar-refractivity contribution in [2.75, 3.05) is 0 Å². The largest absolute Gasteiger partial charge is 0.455 e. The topological polar surface area (TPSA) is 13.1 Å². The van der Waals surface area contributed by atoms with Crippen LogP contribution < -0.4 is 0 Å². The molecule has 0 bridgehead atoms. The van der Waals surface area contributed by atoms with Crippen molar-refractivity contribution in [3.05, 3.63) is 59.7 Å². The SMILES string of the molecule is CC(C)c1ccc2c(c1)oc1c3ccc(C(C)(C)C)cc3ccc21. The van der Waals surface area contributed by atoms with E-state index >= 15 is 0 Å². The van der Waals surface area contributed by atoms with E-state index in [2.05, 4.69) is 83.1 Å². The molecule has 0 N–H and O–H groups in total. The molecule has 1 aromatic heterocycles. The molecule has 1 heterocycles. The average Bonchev–Trinajstić information content (AvgIpc) is 2.91. The van der Waals surface area contributed by atoms with Crippen LogP contribution in [0.1, 0.15) is 51.7 Å². The molecule has 0 saturated carbocycles. The minimum atomic E-state index is 0.156. The number of furan rings is 1. The van der Waals surface area contributed by atoms with Crippen LogP contribution in [0.25, 0.3) is 32.7 Å². The second kappa shape index (κ2) is 5.11. The van der Waals surface area contributed by atoms with Gasteiger partial charge in [0.05, 0.1) is 0 Å². The molecule has 4 aromatic rings. The molecule has 0 aliphatic rings. The van der Waals surface area contributed by atoms with Crippen molar-refractivity contribution in [2.45, 2.75) is 46.0 Å². The molecule has 0 atom stereocenters. The fraction of sp³-hybridized carbons (Fsp3) is 0.304. The fourth-order valence-corrected chi connectivity index (χ4v) is 3.40. The molecule has 0 saturated heterocycles. The van der Waals surface area contributed by atoms with Gasteiger partial charge in [0.1, 0.15) is 11.2 Å². The van der Waals surface area contributed by atoms with Crippen molar-refractivity contribution in [1.82, 2.24) is 0 Å². The molecular formula is C23H24O. The van der Waals surface area contributed by atoms with Gasteiger partial charge in [-0.2, -0.15) is 0 Å². The van der Waals surface area contributed by atoms with Crippen molar-refractivity contribution in [3.8, 4) is 0 Å². The molecule has 0 aliphatic carbocycles. The summed E-state index contributed by atoms with van der Waals surface area (Å²) in [6.45, 7) is 11.2. The highest BCUT2D eigenvalue weighted by Gasteiger charge is 2.16. The Bertz CT molecular complexity index is 1060. The smallest absolute Gasteiger partial charge is 0.143 e. The highest BCUT2D eigenvalue weighted by molar-refractivity contribution is 6.15. The van der Waals surface area contributed by atoms with Gasteiger partial charge < -0.3 is 4.42 Å². The maximum atomic E-state index is 6.28. The highest BCUT2D eigenvalue weighted by atomic mass is 16.3. The Morgan fingerprint density at radius 1 is 0.792 bits per heavy atom. The number of hydrogen-bond acceptors (Lipinski definition) is 1. The van der Waals surface area contributed by atoms with Crippen molar-refractivity contribution in [2.24, 2.45) is 0 Å². The molecule has 24 heavy (non-hydrogen) atoms. The summed E-state index contributed by atoms with van der Waals surface area (Å²) in [7, 11) is 0. The van der Waals surface area contributed by atoms with E-state index < -0.39 is 0 Å². The first kappa shape index (κ1) is 15.3. The Morgan fingerprint density at radius 2 is 1.50 bits per heavy atom. The minimum Gasteiger partial charge on any atom is -0.455 e. The van der Waals surface area contributed by atoms with Gasteiger partial charge in [-0.3, -0.25) is 0 Å². The van der Waals surface area contributed by atoms with E-state index in [1.54, 1.807) is 0 Å². The molecule has 3 aromatic carbocycles. The first-order chi connectivity index (χ1) is 11.3. The third-order valence-electron chi connectivity index (χ3n) is 5.01. The van der Waals surface area contributed by atoms with E-state index in [1.807, 2.05) is 0 Å². The van der Waals surface area contributed by atoms with Gasteiger partial charge in [0, 0.05) is 16.2 Å². The van der Waals surface area contributed by atoms with Crippen molar-refractivity contribution < 1.29 is 4.42 Å². The molecule has 1 heteroatoms. The van der Waals surface area contributed by atoms with Crippen LogP contribution in [-0.4, -0.2) is 0 Å². The Kier molecular flexibility index (Phi) is 3.25. The summed E-state index contributed by atoms with van der Waals surface area (Å²) in [5.41, 5.74) is 4.82. The zero-order valence-electron chi connectivity index (χ0n) is 15.1. The summed E-state index contributed by atoms with van der Waals surface area (Å²) in [5, 5.41) is 4.85. The third-order valence-corrected chi connectivity index (χ3v) is 5.01. The van der Waals surface area contributed by atoms with Crippen LogP contribution in [0.3, 0.4) is 0 Å². The lowest BCUT2D eigenvalue weighted by atomic mass is 9.86. The van der Waals surface area contributed by atoms with Crippen molar-refractivity contribution in [1.29, 1.82) is 0 Å². The van der Waals surface area contributed by atoms with Gasteiger partial charge in [0.15, 0.2) is 0 Å². The van der Waals surface area contributed by atoms with Crippen LogP contribution in [0.15, 0.2) is 52.9 Å². The van der Waals surface area contributed by atoms with Gasteiger partial charge in [-0.15, -0.1) is 0 Å². The van der Waals surface area contributed by atoms with Crippen LogP contribution in [0.2, 0.25) is 0 Å². The van der Waals surface area contributed by atoms with Gasteiger partial charge in [-0.05, 0) is 40.0 Å². The monoisotopic (exact) mass is 316 g/mol. The summed E-state index contributed by atoms with van der Waals surface area (Å²) < 4.78 is 6.28. The van der Waals surface area contributed by atoms with E-state index in [4.69, 9.17) is 4.42 Å². The van der Waals surface area contributed by atoms with E-state index in [0.29, 0.717) is 5.92 Å². The number of hydrogen-bond donors (Lipinski definition) is 0. The zero-order chi connectivity index (χ0) is 17.1. The summed E-state index contributed by atoms with van der Waals surface area (Å²) in [6, 6.07) is 17.8. The molecule has 0 spiro atoms. The number of benzene rings is 3. The van der Waals surface area contributed by atoms with Gasteiger partial charge in [-0.1, -0.05) is 71.0 Å². The Labute approximate surface area is 143 Å². The normalized spacial score (nSPS) is 12.8. The van der Waals surface area contributed by atoms with Crippen molar-refractivity contribution >= 4 is 32.7 Å². The molecule has 0 unspecified atom stereocenters. The van der Waals surface area contributed by atoms with Gasteiger partial charge in [0.2, 0.25) is 0 Å². The molecule has 0 aliphatic heterocycles. The highest BCUT2D eigenvalue weighted by Crippen LogP contribution is 2.36. The van der Waals surface area contributed by atoms with E-state index in [1.165, 1.54) is 32.7 Å². The van der Waals surface area contributed by atoms with Crippen LogP contribution in [0.5, 0.6) is 0 Å². The molecule has 0 radical (unpaired) electrons. The minimum absolute atomic E-state index is 0.156. The predicted octanol–water partition coefficient (Wildman–Crippen LogP) is 7.16. The van der Waals surface area contributed by atoms with Crippen LogP contribution in [0, 0.1) is 0 Å². The van der Waals surface area contributed by atoms with Gasteiger partial charge >= 0.3 is 0 Å². The van der Waals surface area contributed by atoms with Crippen LogP contribution in [-0.2, 0) is 5.41 Å². The summed E-state index contributed by atoms with van der Waals surface area (Å²) in [5.74, 6) is 0.508. The number of fused-ring (bicyclic) bond motifs is 5. The molecule has 1 nitrogen and oxygen atoms in total. The van der Waals surface area contributed by atoms with Gasteiger partial charge in [-0.25, -0.2) is 0 Å². The van der Waals surface area contributed by atoms with Crippen LogP contribution in [0.4, 0.5) is 0 Å². The second-order valence-electron chi connectivity index (χ2n) is 8.14. The lowest BCUT2D eigenvalue weighted by molar-refractivity contribution is 0.591. The lowest BCUT2D eigenvalue weighted by Crippen LogP contribution is -2.10. The third kappa shape index (κ3) is 2.31. The molecular weight excluding hydrogens is 292 g/mol. The summed E-state index contributed by atoms with van der Waals surface area (Å²) in [4.78, 5) is 0. The van der Waals surface area contributed by atoms with E-state index in [9.17, 15) is 0 Å². The Morgan fingerprint density at radius 3 is 2.21 bits per heavy atom. The van der Waals surface area contributed by atoms with Gasteiger partial charge in [0.25, 0.3) is 0 Å². The average molecular weight is 316 g/mol. The predicted molar refractivity (Wildman–Crippen MR) is 104 cm³/mol. The molecule has 0 amide bonds. The Hall–Kier alpha value is -2.28. The second-order valence-corrected chi connectivity index (χ2v) is 8.14. The van der Waals surface area contributed by atoms with E-state index in [-0.39, 0.29) is 5.41 Å². The number of rotatable bonds is 1. The van der Waals surface area contributed by atoms with Crippen LogP contribution >= 0.6 is 0 Å². The standard InChI is InChI=1S/C23H24O/c1-14(2)15-6-9-19-20-10-7-16-12-17(23(3,4)5)8-11-18(16)22(20)24-21(19)13-15/h6-14H,1-5H3. The zero-order valence-corrected chi connectivity index (χ0v) is 15.1. The summed E-state index contributed by atoms with van der Waals surface area (Å²) in [6.07, 6.45) is 0. The molecule has 4 rings (SSSR count). The lowest BCUT2D eigenvalue weighted by Gasteiger charge is -2.19. The maximum Gasteiger partial charge on any atom is 0.143 e. The Balaban J connectivity index is 2.02. The van der Waals surface area contributed by atoms with Crippen molar-refractivity contribution in [3.63, 3.8) is 0 Å².